The predicted molar refractivity (Wildman–Crippen MR) is 77.7 cm³/mol. The topological polar surface area (TPSA) is 55.5 Å². The number of hydrogen-bond acceptors (Lipinski definition) is 3. The number of aromatic hydroxyl groups is 1. The minimum absolute atomic E-state index is 0.207. The van der Waals surface area contributed by atoms with E-state index in [0.29, 0.717) is 11.7 Å². The largest absolute Gasteiger partial charge is 0.504 e. The van der Waals surface area contributed by atoms with Crippen molar-refractivity contribution in [2.75, 3.05) is 7.11 Å². The quantitative estimate of drug-likeness (QED) is 0.875. The first-order chi connectivity index (χ1) is 8.98. The van der Waals surface area contributed by atoms with Crippen molar-refractivity contribution in [1.82, 2.24) is 0 Å². The average molecular weight is 263 g/mol. The Morgan fingerprint density at radius 2 is 1.84 bits per heavy atom. The van der Waals surface area contributed by atoms with E-state index >= 15 is 0 Å². The molecular weight excluding hydrogens is 238 g/mol. The highest BCUT2D eigenvalue weighted by atomic mass is 16.5. The molecule has 19 heavy (non-hydrogen) atoms. The number of methoxy groups -OCH3 is 1. The van der Waals surface area contributed by atoms with E-state index in [1.165, 1.54) is 6.42 Å². The van der Waals surface area contributed by atoms with Crippen molar-refractivity contribution < 1.29 is 9.84 Å². The molecule has 2 rings (SSSR count). The van der Waals surface area contributed by atoms with E-state index < -0.39 is 0 Å². The monoisotopic (exact) mass is 263 g/mol. The van der Waals surface area contributed by atoms with Crippen molar-refractivity contribution in [3.8, 4) is 11.5 Å². The fourth-order valence-electron chi connectivity index (χ4n) is 3.00. The minimum atomic E-state index is -0.355. The van der Waals surface area contributed by atoms with Crippen LogP contribution in [0.25, 0.3) is 0 Å². The molecule has 0 atom stereocenters. The van der Waals surface area contributed by atoms with Crippen LogP contribution in [0.4, 0.5) is 0 Å². The van der Waals surface area contributed by atoms with Gasteiger partial charge in [-0.1, -0.05) is 33.1 Å². The lowest BCUT2D eigenvalue weighted by Gasteiger charge is -2.35. The molecule has 1 aliphatic carbocycles. The van der Waals surface area contributed by atoms with Crippen LogP contribution in [0.2, 0.25) is 0 Å². The van der Waals surface area contributed by atoms with Gasteiger partial charge < -0.3 is 15.6 Å². The Kier molecular flexibility index (Phi) is 4.04. The van der Waals surface area contributed by atoms with Crippen molar-refractivity contribution in [2.45, 2.75) is 57.4 Å². The van der Waals surface area contributed by atoms with Crippen LogP contribution in [-0.4, -0.2) is 12.2 Å². The first-order valence-electron chi connectivity index (χ1n) is 7.18. The van der Waals surface area contributed by atoms with E-state index in [4.69, 9.17) is 10.5 Å². The second-order valence-corrected chi connectivity index (χ2v) is 5.99. The number of rotatable bonds is 3. The molecule has 1 aliphatic rings. The van der Waals surface area contributed by atoms with Gasteiger partial charge in [0.05, 0.1) is 7.11 Å². The molecule has 3 N–H and O–H groups in total. The average Bonchev–Trinajstić information content (AvgIpc) is 2.38. The molecular formula is C16H25NO2. The Balaban J connectivity index is 2.52. The Hall–Kier alpha value is -1.22. The van der Waals surface area contributed by atoms with E-state index in [0.717, 1.165) is 36.8 Å². The highest BCUT2D eigenvalue weighted by Crippen LogP contribution is 2.44. The molecule has 1 aromatic rings. The number of ether oxygens (including phenoxy) is 1. The Morgan fingerprint density at radius 1 is 1.21 bits per heavy atom. The third kappa shape index (κ3) is 2.71. The zero-order chi connectivity index (χ0) is 14.0. The summed E-state index contributed by atoms with van der Waals surface area (Å²) < 4.78 is 5.40. The summed E-state index contributed by atoms with van der Waals surface area (Å²) >= 11 is 0. The fraction of sp³-hybridized carbons (Fsp3) is 0.625. The van der Waals surface area contributed by atoms with Gasteiger partial charge in [0.15, 0.2) is 11.5 Å². The van der Waals surface area contributed by atoms with Crippen LogP contribution in [-0.2, 0) is 5.54 Å². The normalized spacial score (nSPS) is 18.6. The van der Waals surface area contributed by atoms with Gasteiger partial charge in [-0.05, 0) is 36.5 Å². The first kappa shape index (κ1) is 14.2. The lowest BCUT2D eigenvalue weighted by atomic mass is 9.76. The van der Waals surface area contributed by atoms with Gasteiger partial charge in [-0.25, -0.2) is 0 Å². The summed E-state index contributed by atoms with van der Waals surface area (Å²) in [5.41, 5.74) is 8.33. The van der Waals surface area contributed by atoms with Crippen molar-refractivity contribution >= 4 is 0 Å². The van der Waals surface area contributed by atoms with Crippen LogP contribution in [0.15, 0.2) is 12.1 Å². The van der Waals surface area contributed by atoms with Gasteiger partial charge in [0.1, 0.15) is 0 Å². The summed E-state index contributed by atoms with van der Waals surface area (Å²) in [5.74, 6) is 1.12. The lowest BCUT2D eigenvalue weighted by molar-refractivity contribution is 0.283. The van der Waals surface area contributed by atoms with E-state index in [-0.39, 0.29) is 11.3 Å². The SMILES string of the molecule is COc1c(O)cc(C(C)C)cc1C1(N)CCCCC1. The van der Waals surface area contributed by atoms with Crippen molar-refractivity contribution in [1.29, 1.82) is 0 Å². The van der Waals surface area contributed by atoms with Gasteiger partial charge in [-0.15, -0.1) is 0 Å². The number of phenolic OH excluding ortho intramolecular Hbond substituents is 1. The molecule has 0 aromatic heterocycles. The second-order valence-electron chi connectivity index (χ2n) is 5.99. The third-order valence-electron chi connectivity index (χ3n) is 4.24. The number of benzene rings is 1. The summed E-state index contributed by atoms with van der Waals surface area (Å²) in [5, 5.41) is 10.2. The predicted octanol–water partition coefficient (Wildman–Crippen LogP) is 3.64. The zero-order valence-corrected chi connectivity index (χ0v) is 12.2. The van der Waals surface area contributed by atoms with Gasteiger partial charge in [-0.3, -0.25) is 0 Å². The Morgan fingerprint density at radius 3 is 2.37 bits per heavy atom. The molecule has 106 valence electrons. The molecule has 0 unspecified atom stereocenters. The molecule has 3 nitrogen and oxygen atoms in total. The van der Waals surface area contributed by atoms with Crippen LogP contribution in [0, 0.1) is 0 Å². The summed E-state index contributed by atoms with van der Waals surface area (Å²) in [6, 6.07) is 3.91. The minimum Gasteiger partial charge on any atom is -0.504 e. The van der Waals surface area contributed by atoms with Crippen LogP contribution in [0.5, 0.6) is 11.5 Å². The maximum atomic E-state index is 10.2. The lowest BCUT2D eigenvalue weighted by Crippen LogP contribution is -2.39. The Bertz CT molecular complexity index is 448. The molecule has 0 aliphatic heterocycles. The molecule has 0 saturated heterocycles. The number of hydrogen-bond donors (Lipinski definition) is 2. The fourth-order valence-corrected chi connectivity index (χ4v) is 3.00. The molecule has 0 amide bonds. The van der Waals surface area contributed by atoms with Crippen LogP contribution in [0.1, 0.15) is 63.0 Å². The van der Waals surface area contributed by atoms with Crippen LogP contribution >= 0.6 is 0 Å². The molecule has 1 saturated carbocycles. The highest BCUT2D eigenvalue weighted by Gasteiger charge is 2.33. The molecule has 1 fully saturated rings. The molecule has 0 radical (unpaired) electrons. The number of nitrogens with two attached hydrogens (primary N) is 1. The van der Waals surface area contributed by atoms with Gasteiger partial charge in [-0.2, -0.15) is 0 Å². The maximum absolute atomic E-state index is 10.2. The first-order valence-corrected chi connectivity index (χ1v) is 7.18. The summed E-state index contributed by atoms with van der Waals surface area (Å²) in [6.45, 7) is 4.24. The van der Waals surface area contributed by atoms with E-state index in [9.17, 15) is 5.11 Å². The third-order valence-corrected chi connectivity index (χ3v) is 4.24. The highest BCUT2D eigenvalue weighted by molar-refractivity contribution is 5.52. The van der Waals surface area contributed by atoms with Gasteiger partial charge in [0.2, 0.25) is 0 Å². The zero-order valence-electron chi connectivity index (χ0n) is 12.2. The molecule has 0 heterocycles. The molecule has 1 aromatic carbocycles. The standard InChI is InChI=1S/C16H25NO2/c1-11(2)12-9-13(15(19-3)14(18)10-12)16(17)7-5-4-6-8-16/h9-11,18H,4-8,17H2,1-3H3. The Labute approximate surface area is 115 Å². The van der Waals surface area contributed by atoms with Crippen molar-refractivity contribution in [3.63, 3.8) is 0 Å². The summed E-state index contributed by atoms with van der Waals surface area (Å²) in [7, 11) is 1.60. The molecule has 0 spiro atoms. The summed E-state index contributed by atoms with van der Waals surface area (Å²) in [4.78, 5) is 0. The van der Waals surface area contributed by atoms with Gasteiger partial charge in [0, 0.05) is 11.1 Å². The van der Waals surface area contributed by atoms with E-state index in [2.05, 4.69) is 19.9 Å². The maximum Gasteiger partial charge on any atom is 0.165 e. The smallest absolute Gasteiger partial charge is 0.165 e. The number of phenols is 1. The van der Waals surface area contributed by atoms with Gasteiger partial charge >= 0.3 is 0 Å². The van der Waals surface area contributed by atoms with Crippen molar-refractivity contribution in [3.05, 3.63) is 23.3 Å². The second kappa shape index (κ2) is 5.41. The van der Waals surface area contributed by atoms with E-state index in [1.54, 1.807) is 13.2 Å². The van der Waals surface area contributed by atoms with Crippen LogP contribution in [0.3, 0.4) is 0 Å². The molecule has 0 bridgehead atoms. The van der Waals surface area contributed by atoms with E-state index in [1.807, 2.05) is 0 Å². The summed E-state index contributed by atoms with van der Waals surface area (Å²) in [6.07, 6.45) is 5.46. The van der Waals surface area contributed by atoms with Crippen LogP contribution < -0.4 is 10.5 Å². The van der Waals surface area contributed by atoms with Crippen molar-refractivity contribution in [2.24, 2.45) is 5.73 Å². The molecule has 3 heteroatoms. The van der Waals surface area contributed by atoms with Gasteiger partial charge in [0.25, 0.3) is 0 Å².